The quantitative estimate of drug-likeness (QED) is 0.219. The molecule has 0 aliphatic carbocycles. The zero-order valence-electron chi connectivity index (χ0n) is 19.2. The Hall–Kier alpha value is -4.14. The molecule has 178 valence electrons. The van der Waals surface area contributed by atoms with Crippen molar-refractivity contribution in [3.05, 3.63) is 101 Å². The monoisotopic (exact) mass is 470 g/mol. The van der Waals surface area contributed by atoms with E-state index < -0.39 is 11.9 Å². The minimum atomic E-state index is -0.578. The Kier molecular flexibility index (Phi) is 6.22. The predicted octanol–water partition coefficient (Wildman–Crippen LogP) is 3.22. The molecule has 0 spiro atoms. The van der Waals surface area contributed by atoms with Gasteiger partial charge in [0.2, 0.25) is 5.91 Å². The largest absolute Gasteiger partial charge is 0.497 e. The van der Waals surface area contributed by atoms with Gasteiger partial charge in [-0.3, -0.25) is 20.1 Å². The molecule has 4 aromatic rings. The number of fused-ring (bicyclic) bond motifs is 3. The van der Waals surface area contributed by atoms with Gasteiger partial charge in [0.15, 0.2) is 0 Å². The molecular weight excluding hydrogens is 444 g/mol. The van der Waals surface area contributed by atoms with Gasteiger partial charge in [-0.25, -0.2) is 5.48 Å². The summed E-state index contributed by atoms with van der Waals surface area (Å²) in [5, 5.41) is 16.4. The topological polar surface area (TPSA) is 115 Å². The number of nitrogens with one attached hydrogen (secondary N) is 4. The average Bonchev–Trinajstić information content (AvgIpc) is 3.30. The fourth-order valence-corrected chi connectivity index (χ4v) is 4.61. The van der Waals surface area contributed by atoms with E-state index in [2.05, 4.69) is 27.8 Å². The number of hydroxylamine groups is 1. The third kappa shape index (κ3) is 4.49. The van der Waals surface area contributed by atoms with Crippen LogP contribution >= 0.6 is 0 Å². The first kappa shape index (κ1) is 22.6. The highest BCUT2D eigenvalue weighted by atomic mass is 16.5. The van der Waals surface area contributed by atoms with Crippen molar-refractivity contribution in [1.29, 1.82) is 0 Å². The molecule has 0 saturated heterocycles. The summed E-state index contributed by atoms with van der Waals surface area (Å²) in [7, 11) is 1.64. The number of hydrogen-bond donors (Lipinski definition) is 5. The molecule has 0 bridgehead atoms. The van der Waals surface area contributed by atoms with Gasteiger partial charge in [-0.1, -0.05) is 42.5 Å². The summed E-state index contributed by atoms with van der Waals surface area (Å²) >= 11 is 0. The molecule has 1 aromatic heterocycles. The SMILES string of the molecule is COc1ccc([C@@H]2N[C@@H](C(=O)NCc3ccc(C(=O)NO)cc3)Cc3c2[nH]c2ccccc32)cc1. The van der Waals surface area contributed by atoms with Gasteiger partial charge in [-0.15, -0.1) is 0 Å². The number of aromatic amines is 1. The number of para-hydroxylation sites is 1. The van der Waals surface area contributed by atoms with Crippen molar-refractivity contribution in [2.75, 3.05) is 7.11 Å². The van der Waals surface area contributed by atoms with Gasteiger partial charge in [0.1, 0.15) is 5.75 Å². The molecule has 2 heterocycles. The van der Waals surface area contributed by atoms with Crippen molar-refractivity contribution in [2.45, 2.75) is 25.0 Å². The summed E-state index contributed by atoms with van der Waals surface area (Å²) in [6, 6.07) is 22.1. The van der Waals surface area contributed by atoms with E-state index in [4.69, 9.17) is 9.94 Å². The number of carbonyl (C=O) groups is 2. The van der Waals surface area contributed by atoms with Crippen LogP contribution in [0.15, 0.2) is 72.8 Å². The molecule has 35 heavy (non-hydrogen) atoms. The lowest BCUT2D eigenvalue weighted by atomic mass is 9.90. The van der Waals surface area contributed by atoms with E-state index in [0.717, 1.165) is 39.0 Å². The van der Waals surface area contributed by atoms with Gasteiger partial charge in [0.05, 0.1) is 19.2 Å². The zero-order valence-corrected chi connectivity index (χ0v) is 19.2. The Balaban J connectivity index is 1.38. The summed E-state index contributed by atoms with van der Waals surface area (Å²) in [6.45, 7) is 0.325. The van der Waals surface area contributed by atoms with Crippen molar-refractivity contribution in [2.24, 2.45) is 0 Å². The molecule has 2 amide bonds. The maximum Gasteiger partial charge on any atom is 0.274 e. The molecule has 1 aliphatic heterocycles. The van der Waals surface area contributed by atoms with E-state index in [9.17, 15) is 9.59 Å². The van der Waals surface area contributed by atoms with Crippen LogP contribution in [0.1, 0.15) is 38.8 Å². The number of benzene rings is 3. The van der Waals surface area contributed by atoms with Crippen LogP contribution in [0.2, 0.25) is 0 Å². The number of carbonyl (C=O) groups excluding carboxylic acids is 2. The lowest BCUT2D eigenvalue weighted by Gasteiger charge is -2.31. The van der Waals surface area contributed by atoms with E-state index >= 15 is 0 Å². The maximum atomic E-state index is 13.2. The van der Waals surface area contributed by atoms with Crippen LogP contribution in [0.4, 0.5) is 0 Å². The molecule has 0 unspecified atom stereocenters. The van der Waals surface area contributed by atoms with Crippen LogP contribution < -0.4 is 20.9 Å². The first-order valence-electron chi connectivity index (χ1n) is 11.4. The smallest absolute Gasteiger partial charge is 0.274 e. The second-order valence-corrected chi connectivity index (χ2v) is 8.55. The summed E-state index contributed by atoms with van der Waals surface area (Å²) in [5.74, 6) is 0.0981. The molecule has 5 N–H and O–H groups in total. The highest BCUT2D eigenvalue weighted by molar-refractivity contribution is 5.93. The summed E-state index contributed by atoms with van der Waals surface area (Å²) in [6.07, 6.45) is 0.563. The number of hydrogen-bond acceptors (Lipinski definition) is 5. The van der Waals surface area contributed by atoms with Gasteiger partial charge < -0.3 is 15.0 Å². The molecule has 0 saturated carbocycles. The lowest BCUT2D eigenvalue weighted by molar-refractivity contribution is -0.123. The van der Waals surface area contributed by atoms with Crippen molar-refractivity contribution in [3.63, 3.8) is 0 Å². The van der Waals surface area contributed by atoms with E-state index in [0.29, 0.717) is 18.5 Å². The molecule has 3 aromatic carbocycles. The van der Waals surface area contributed by atoms with E-state index in [1.54, 1.807) is 36.9 Å². The lowest BCUT2D eigenvalue weighted by Crippen LogP contribution is -2.49. The van der Waals surface area contributed by atoms with Crippen molar-refractivity contribution in [3.8, 4) is 5.75 Å². The maximum absolute atomic E-state index is 13.2. The third-order valence-corrected chi connectivity index (χ3v) is 6.46. The molecule has 0 radical (unpaired) electrons. The number of aromatic nitrogens is 1. The van der Waals surface area contributed by atoms with Crippen molar-refractivity contribution >= 4 is 22.7 Å². The Morgan fingerprint density at radius 3 is 2.49 bits per heavy atom. The van der Waals surface area contributed by atoms with E-state index in [1.165, 1.54) is 0 Å². The van der Waals surface area contributed by atoms with Crippen LogP contribution in [0.3, 0.4) is 0 Å². The van der Waals surface area contributed by atoms with E-state index in [1.807, 2.05) is 36.4 Å². The molecule has 8 nitrogen and oxygen atoms in total. The Morgan fingerprint density at radius 1 is 1.03 bits per heavy atom. The molecule has 1 aliphatic rings. The fourth-order valence-electron chi connectivity index (χ4n) is 4.61. The van der Waals surface area contributed by atoms with Crippen LogP contribution in [0.25, 0.3) is 10.9 Å². The summed E-state index contributed by atoms with van der Waals surface area (Å²) in [4.78, 5) is 28.3. The normalized spacial score (nSPS) is 17.0. The van der Waals surface area contributed by atoms with Gasteiger partial charge in [-0.05, 0) is 53.4 Å². The number of H-pyrrole nitrogens is 1. The van der Waals surface area contributed by atoms with Crippen molar-refractivity contribution < 1.29 is 19.5 Å². The Bertz CT molecular complexity index is 1360. The number of ether oxygens (including phenoxy) is 1. The van der Waals surface area contributed by atoms with Crippen molar-refractivity contribution in [1.82, 2.24) is 21.1 Å². The molecule has 8 heteroatoms. The number of methoxy groups -OCH3 is 1. The third-order valence-electron chi connectivity index (χ3n) is 6.46. The number of rotatable bonds is 6. The zero-order chi connectivity index (χ0) is 24.4. The van der Waals surface area contributed by atoms with Crippen LogP contribution in [-0.4, -0.2) is 35.2 Å². The fraction of sp³-hybridized carbons (Fsp3) is 0.185. The second kappa shape index (κ2) is 9.61. The minimum absolute atomic E-state index is 0.100. The predicted molar refractivity (Wildman–Crippen MR) is 131 cm³/mol. The van der Waals surface area contributed by atoms with Crippen LogP contribution in [-0.2, 0) is 17.8 Å². The number of amides is 2. The van der Waals surface area contributed by atoms with Crippen LogP contribution in [0.5, 0.6) is 5.75 Å². The second-order valence-electron chi connectivity index (χ2n) is 8.55. The molecule has 0 fully saturated rings. The Morgan fingerprint density at radius 2 is 1.77 bits per heavy atom. The summed E-state index contributed by atoms with van der Waals surface area (Å²) in [5.41, 5.74) is 7.09. The van der Waals surface area contributed by atoms with Crippen LogP contribution in [0, 0.1) is 0 Å². The average molecular weight is 471 g/mol. The summed E-state index contributed by atoms with van der Waals surface area (Å²) < 4.78 is 5.31. The van der Waals surface area contributed by atoms with Gasteiger partial charge in [-0.2, -0.15) is 0 Å². The Labute approximate surface area is 202 Å². The minimum Gasteiger partial charge on any atom is -0.497 e. The van der Waals surface area contributed by atoms with Gasteiger partial charge in [0, 0.05) is 28.7 Å². The molecule has 2 atom stereocenters. The standard InChI is InChI=1S/C27H26N4O4/c1-35-19-12-10-17(11-13-19)24-25-21(20-4-2-3-5-22(20)29-25)14-23(30-24)27(33)28-15-16-6-8-18(9-7-16)26(32)31-34/h2-13,23-24,29-30,34H,14-15H2,1H3,(H,28,33)(H,31,32)/t23-,24+/m1/s1. The highest BCUT2D eigenvalue weighted by Crippen LogP contribution is 2.35. The van der Waals surface area contributed by atoms with E-state index in [-0.39, 0.29) is 11.9 Å². The first-order chi connectivity index (χ1) is 17.1. The van der Waals surface area contributed by atoms with Gasteiger partial charge in [0.25, 0.3) is 5.91 Å². The first-order valence-corrected chi connectivity index (χ1v) is 11.4. The van der Waals surface area contributed by atoms with Gasteiger partial charge >= 0.3 is 0 Å². The molecular formula is C27H26N4O4. The molecule has 5 rings (SSSR count). The highest BCUT2D eigenvalue weighted by Gasteiger charge is 2.33.